The van der Waals surface area contributed by atoms with Crippen LogP contribution in [0.25, 0.3) is 0 Å². The van der Waals surface area contributed by atoms with Crippen LogP contribution in [0.2, 0.25) is 0 Å². The number of nitrogens with one attached hydrogen (secondary N) is 1. The number of benzene rings is 1. The van der Waals surface area contributed by atoms with E-state index in [4.69, 9.17) is 9.47 Å². The second-order valence-electron chi connectivity index (χ2n) is 5.16. The van der Waals surface area contributed by atoms with Crippen LogP contribution in [-0.2, 0) is 6.54 Å². The predicted octanol–water partition coefficient (Wildman–Crippen LogP) is 2.03. The maximum atomic E-state index is 12.5. The van der Waals surface area contributed by atoms with Gasteiger partial charge in [-0.2, -0.15) is 5.10 Å². The SMILES string of the molecule is Cc1n[nH]c(C)c1C(=O)N(C)Cc1ccc2c(c1)OCO2. The molecule has 2 heterocycles. The second kappa shape index (κ2) is 5.12. The van der Waals surface area contributed by atoms with Crippen LogP contribution in [0.1, 0.15) is 27.3 Å². The summed E-state index contributed by atoms with van der Waals surface area (Å²) in [6, 6.07) is 5.71. The van der Waals surface area contributed by atoms with Gasteiger partial charge in [0.25, 0.3) is 5.91 Å². The van der Waals surface area contributed by atoms with Gasteiger partial charge in [-0.3, -0.25) is 9.89 Å². The quantitative estimate of drug-likeness (QED) is 0.938. The van der Waals surface area contributed by atoms with E-state index in [2.05, 4.69) is 10.2 Å². The zero-order chi connectivity index (χ0) is 15.0. The number of aryl methyl sites for hydroxylation is 2. The van der Waals surface area contributed by atoms with Gasteiger partial charge in [0.15, 0.2) is 11.5 Å². The molecule has 1 aromatic heterocycles. The molecule has 6 nitrogen and oxygen atoms in total. The number of nitrogens with zero attached hydrogens (tertiary/aromatic N) is 2. The summed E-state index contributed by atoms with van der Waals surface area (Å²) >= 11 is 0. The minimum absolute atomic E-state index is 0.0450. The van der Waals surface area contributed by atoms with Crippen molar-refractivity contribution in [2.45, 2.75) is 20.4 Å². The lowest BCUT2D eigenvalue weighted by molar-refractivity contribution is 0.0783. The highest BCUT2D eigenvalue weighted by atomic mass is 16.7. The fraction of sp³-hybridized carbons (Fsp3) is 0.333. The highest BCUT2D eigenvalue weighted by Crippen LogP contribution is 2.32. The molecule has 0 spiro atoms. The Morgan fingerprint density at radius 2 is 2.10 bits per heavy atom. The number of hydrogen-bond acceptors (Lipinski definition) is 4. The van der Waals surface area contributed by atoms with Gasteiger partial charge in [-0.05, 0) is 31.5 Å². The van der Waals surface area contributed by atoms with Gasteiger partial charge in [-0.25, -0.2) is 0 Å². The third-order valence-corrected chi connectivity index (χ3v) is 3.55. The first-order valence-corrected chi connectivity index (χ1v) is 6.72. The average Bonchev–Trinajstić information content (AvgIpc) is 3.04. The molecule has 0 radical (unpaired) electrons. The molecule has 0 fully saturated rings. The minimum Gasteiger partial charge on any atom is -0.454 e. The molecule has 0 aliphatic carbocycles. The fourth-order valence-electron chi connectivity index (χ4n) is 2.44. The summed E-state index contributed by atoms with van der Waals surface area (Å²) < 4.78 is 10.6. The number of carbonyl (C=O) groups excluding carboxylic acids is 1. The lowest BCUT2D eigenvalue weighted by Gasteiger charge is -2.17. The molecule has 21 heavy (non-hydrogen) atoms. The van der Waals surface area contributed by atoms with Crippen LogP contribution in [0.3, 0.4) is 0 Å². The van der Waals surface area contributed by atoms with Gasteiger partial charge < -0.3 is 14.4 Å². The Morgan fingerprint density at radius 1 is 1.33 bits per heavy atom. The third kappa shape index (κ3) is 2.44. The van der Waals surface area contributed by atoms with Crippen molar-refractivity contribution in [3.63, 3.8) is 0 Å². The van der Waals surface area contributed by atoms with E-state index in [1.807, 2.05) is 32.0 Å². The van der Waals surface area contributed by atoms with Gasteiger partial charge in [0.2, 0.25) is 6.79 Å². The number of rotatable bonds is 3. The number of fused-ring (bicyclic) bond motifs is 1. The van der Waals surface area contributed by atoms with E-state index in [9.17, 15) is 4.79 Å². The molecule has 0 atom stereocenters. The number of hydrogen-bond donors (Lipinski definition) is 1. The summed E-state index contributed by atoms with van der Waals surface area (Å²) in [6.45, 7) is 4.42. The smallest absolute Gasteiger partial charge is 0.257 e. The van der Waals surface area contributed by atoms with E-state index >= 15 is 0 Å². The van der Waals surface area contributed by atoms with Crippen LogP contribution in [0.15, 0.2) is 18.2 Å². The molecule has 6 heteroatoms. The van der Waals surface area contributed by atoms with Gasteiger partial charge in [0.05, 0.1) is 11.3 Å². The van der Waals surface area contributed by atoms with Crippen LogP contribution >= 0.6 is 0 Å². The Kier molecular flexibility index (Phi) is 3.29. The van der Waals surface area contributed by atoms with Gasteiger partial charge in [0.1, 0.15) is 0 Å². The van der Waals surface area contributed by atoms with E-state index in [1.54, 1.807) is 11.9 Å². The van der Waals surface area contributed by atoms with Crippen molar-refractivity contribution in [3.8, 4) is 11.5 Å². The molecule has 0 saturated heterocycles. The number of ether oxygens (including phenoxy) is 2. The number of H-pyrrole nitrogens is 1. The maximum Gasteiger partial charge on any atom is 0.257 e. The van der Waals surface area contributed by atoms with Crippen LogP contribution in [0, 0.1) is 13.8 Å². The fourth-order valence-corrected chi connectivity index (χ4v) is 2.44. The summed E-state index contributed by atoms with van der Waals surface area (Å²) in [5.74, 6) is 1.43. The van der Waals surface area contributed by atoms with Crippen molar-refractivity contribution in [1.29, 1.82) is 0 Å². The molecule has 2 aromatic rings. The van der Waals surface area contributed by atoms with E-state index in [0.717, 1.165) is 28.5 Å². The maximum absolute atomic E-state index is 12.5. The van der Waals surface area contributed by atoms with E-state index in [-0.39, 0.29) is 12.7 Å². The van der Waals surface area contributed by atoms with Gasteiger partial charge in [-0.1, -0.05) is 6.07 Å². The Balaban J connectivity index is 1.77. The molecule has 1 N–H and O–H groups in total. The largest absolute Gasteiger partial charge is 0.454 e. The molecular formula is C15H17N3O3. The highest BCUT2D eigenvalue weighted by molar-refractivity contribution is 5.96. The lowest BCUT2D eigenvalue weighted by Crippen LogP contribution is -2.27. The van der Waals surface area contributed by atoms with Crippen molar-refractivity contribution in [2.24, 2.45) is 0 Å². The van der Waals surface area contributed by atoms with Crippen molar-refractivity contribution in [1.82, 2.24) is 15.1 Å². The molecular weight excluding hydrogens is 270 g/mol. The third-order valence-electron chi connectivity index (χ3n) is 3.55. The van der Waals surface area contributed by atoms with Gasteiger partial charge >= 0.3 is 0 Å². The number of carbonyl (C=O) groups is 1. The van der Waals surface area contributed by atoms with Crippen LogP contribution in [0.5, 0.6) is 11.5 Å². The summed E-state index contributed by atoms with van der Waals surface area (Å²) in [5.41, 5.74) is 3.14. The molecule has 0 saturated carbocycles. The molecule has 1 aliphatic rings. The van der Waals surface area contributed by atoms with Crippen molar-refractivity contribution in [3.05, 3.63) is 40.7 Å². The predicted molar refractivity (Wildman–Crippen MR) is 76.4 cm³/mol. The van der Waals surface area contributed by atoms with Crippen molar-refractivity contribution in [2.75, 3.05) is 13.8 Å². The minimum atomic E-state index is -0.0450. The summed E-state index contributed by atoms with van der Waals surface area (Å²) in [7, 11) is 1.78. The lowest BCUT2D eigenvalue weighted by atomic mass is 10.1. The van der Waals surface area contributed by atoms with Crippen LogP contribution in [-0.4, -0.2) is 34.8 Å². The molecule has 0 unspecified atom stereocenters. The molecule has 0 bridgehead atoms. The topological polar surface area (TPSA) is 67.5 Å². The number of aromatic amines is 1. The van der Waals surface area contributed by atoms with E-state index in [0.29, 0.717) is 12.1 Å². The monoisotopic (exact) mass is 287 g/mol. The number of aromatic nitrogens is 2. The Bertz CT molecular complexity index is 674. The second-order valence-corrected chi connectivity index (χ2v) is 5.16. The summed E-state index contributed by atoms with van der Waals surface area (Å²) in [6.07, 6.45) is 0. The Morgan fingerprint density at radius 3 is 2.81 bits per heavy atom. The van der Waals surface area contributed by atoms with E-state index < -0.39 is 0 Å². The molecule has 3 rings (SSSR count). The molecule has 1 aromatic carbocycles. The molecule has 1 aliphatic heterocycles. The van der Waals surface area contributed by atoms with Crippen LogP contribution in [0.4, 0.5) is 0 Å². The zero-order valence-corrected chi connectivity index (χ0v) is 12.3. The summed E-state index contributed by atoms with van der Waals surface area (Å²) in [5, 5.41) is 6.90. The Labute approximate surface area is 122 Å². The Hall–Kier alpha value is -2.50. The standard InChI is InChI=1S/C15H17N3O3/c1-9-14(10(2)17-16-9)15(19)18(3)7-11-4-5-12-13(6-11)21-8-20-12/h4-6H,7-8H2,1-3H3,(H,16,17). The average molecular weight is 287 g/mol. The van der Waals surface area contributed by atoms with E-state index in [1.165, 1.54) is 0 Å². The van der Waals surface area contributed by atoms with Gasteiger partial charge in [-0.15, -0.1) is 0 Å². The molecule has 1 amide bonds. The number of amides is 1. The first-order valence-electron chi connectivity index (χ1n) is 6.72. The molecule has 110 valence electrons. The van der Waals surface area contributed by atoms with Gasteiger partial charge in [0, 0.05) is 19.3 Å². The highest BCUT2D eigenvalue weighted by Gasteiger charge is 2.20. The first kappa shape index (κ1) is 13.5. The first-order chi connectivity index (χ1) is 10.1. The normalized spacial score (nSPS) is 12.5. The summed E-state index contributed by atoms with van der Waals surface area (Å²) in [4.78, 5) is 14.2. The zero-order valence-electron chi connectivity index (χ0n) is 12.3. The van der Waals surface area contributed by atoms with Crippen molar-refractivity contribution < 1.29 is 14.3 Å². The van der Waals surface area contributed by atoms with Crippen molar-refractivity contribution >= 4 is 5.91 Å². The van der Waals surface area contributed by atoms with Crippen LogP contribution < -0.4 is 9.47 Å².